The number of imidazole rings is 1. The number of benzene rings is 3. The Morgan fingerprint density at radius 2 is 1.68 bits per heavy atom. The number of nitrogens with zero attached hydrogens (tertiary/aromatic N) is 3. The topological polar surface area (TPSA) is 149 Å². The Bertz CT molecular complexity index is 2360. The molecule has 59 heavy (non-hydrogen) atoms. The Hall–Kier alpha value is -6.17. The summed E-state index contributed by atoms with van der Waals surface area (Å²) < 4.78 is 4.67. The number of ether oxygens (including phenoxy) is 1. The van der Waals surface area contributed by atoms with E-state index in [9.17, 15) is 19.2 Å². The van der Waals surface area contributed by atoms with Crippen molar-refractivity contribution in [2.24, 2.45) is 5.92 Å². The Balaban J connectivity index is 1.07. The minimum Gasteiger partial charge on any atom is -0.453 e. The molecule has 2 bridgehead atoms. The fourth-order valence-corrected chi connectivity index (χ4v) is 9.10. The Labute approximate surface area is 346 Å². The summed E-state index contributed by atoms with van der Waals surface area (Å²) in [6.45, 7) is 13.0. The number of carbonyl (C=O) groups is 4. The lowest BCUT2D eigenvalue weighted by Gasteiger charge is -2.34. The maximum atomic E-state index is 13.3. The number of piperidine rings is 1. The number of methoxy groups -OCH3 is 1. The highest BCUT2D eigenvalue weighted by atomic mass is 16.5. The molecule has 0 radical (unpaired) electrons. The molecule has 1 aliphatic heterocycles. The molecule has 3 aliphatic rings. The third-order valence-electron chi connectivity index (χ3n) is 11.8. The van der Waals surface area contributed by atoms with Crippen molar-refractivity contribution in [3.8, 4) is 22.3 Å². The van der Waals surface area contributed by atoms with Crippen LogP contribution >= 0.6 is 0 Å². The molecule has 0 spiro atoms. The second kappa shape index (κ2) is 17.8. The fourth-order valence-electron chi connectivity index (χ4n) is 9.10. The number of nitrogens with one attached hydrogen (secondary N) is 4. The van der Waals surface area contributed by atoms with Crippen molar-refractivity contribution >= 4 is 46.1 Å². The van der Waals surface area contributed by atoms with Crippen LogP contribution in [0.3, 0.4) is 0 Å². The van der Waals surface area contributed by atoms with Crippen molar-refractivity contribution in [3.05, 3.63) is 102 Å². The van der Waals surface area contributed by atoms with Gasteiger partial charge in [-0.25, -0.2) is 9.78 Å². The molecule has 308 valence electrons. The molecule has 12 heteroatoms. The fraction of sp³-hybridized carbons (Fsp3) is 0.383. The Morgan fingerprint density at radius 1 is 0.932 bits per heavy atom. The monoisotopic (exact) mass is 797 g/mol. The number of rotatable bonds is 15. The van der Waals surface area contributed by atoms with E-state index in [1.165, 1.54) is 23.8 Å². The predicted octanol–water partition coefficient (Wildman–Crippen LogP) is 7.69. The van der Waals surface area contributed by atoms with E-state index in [1.54, 1.807) is 4.90 Å². The van der Waals surface area contributed by atoms with Crippen LogP contribution < -0.4 is 16.0 Å². The number of carbonyl (C=O) groups excluding carboxylic acids is 4. The molecule has 1 aromatic heterocycles. The third kappa shape index (κ3) is 8.39. The lowest BCUT2D eigenvalue weighted by molar-refractivity contribution is -0.135. The summed E-state index contributed by atoms with van der Waals surface area (Å²) >= 11 is 0. The van der Waals surface area contributed by atoms with Crippen LogP contribution in [0.5, 0.6) is 0 Å². The second-order valence-corrected chi connectivity index (χ2v) is 15.7. The number of hydrogen-bond donors (Lipinski definition) is 4. The van der Waals surface area contributed by atoms with Crippen molar-refractivity contribution < 1.29 is 23.9 Å². The average molecular weight is 798 g/mol. The Kier molecular flexibility index (Phi) is 12.3. The summed E-state index contributed by atoms with van der Waals surface area (Å²) in [6, 6.07) is 19.4. The molecule has 7 rings (SSSR count). The molecule has 0 unspecified atom stereocenters. The van der Waals surface area contributed by atoms with Crippen molar-refractivity contribution in [1.29, 1.82) is 0 Å². The van der Waals surface area contributed by atoms with E-state index in [0.29, 0.717) is 31.1 Å². The smallest absolute Gasteiger partial charge is 0.407 e. The van der Waals surface area contributed by atoms with Gasteiger partial charge in [-0.3, -0.25) is 14.4 Å². The first kappa shape index (κ1) is 41.0. The molecule has 2 heterocycles. The van der Waals surface area contributed by atoms with Gasteiger partial charge in [-0.05, 0) is 121 Å². The van der Waals surface area contributed by atoms with Gasteiger partial charge in [0.05, 0.1) is 37.3 Å². The van der Waals surface area contributed by atoms with Gasteiger partial charge in [0.25, 0.3) is 0 Å². The van der Waals surface area contributed by atoms with Gasteiger partial charge in [-0.1, -0.05) is 62.9 Å². The zero-order chi connectivity index (χ0) is 41.8. The lowest BCUT2D eigenvalue weighted by Crippen LogP contribution is -2.45. The van der Waals surface area contributed by atoms with Gasteiger partial charge in [-0.15, -0.1) is 0 Å². The first-order valence-corrected chi connectivity index (χ1v) is 20.8. The maximum Gasteiger partial charge on any atom is 0.407 e. The highest BCUT2D eigenvalue weighted by molar-refractivity contribution is 6.03. The number of amides is 4. The SMILES string of the molecule is C=C(CN(CCC)C(=O)CNC(=O)CCC)N/C(=C\C)c1ccc2c(c1)/C(=C\C)c1cc(-c3ccc4nc([C@@H]5[C@H]6CC[C@H](C6)N5C(=O)CNC(=O)OC)[nH]c4c3)ccc1-2. The molecular weight excluding hydrogens is 743 g/mol. The van der Waals surface area contributed by atoms with Crippen LogP contribution in [0.2, 0.25) is 0 Å². The molecule has 4 aromatic rings. The van der Waals surface area contributed by atoms with Crippen molar-refractivity contribution in [1.82, 2.24) is 35.7 Å². The van der Waals surface area contributed by atoms with Crippen LogP contribution in [0.15, 0.2) is 79.0 Å². The van der Waals surface area contributed by atoms with Gasteiger partial charge in [0.1, 0.15) is 12.4 Å². The molecule has 3 aromatic carbocycles. The van der Waals surface area contributed by atoms with E-state index in [0.717, 1.165) is 82.5 Å². The molecule has 4 amide bonds. The number of allylic oxidation sites excluding steroid dienone is 2. The molecule has 1 saturated heterocycles. The maximum absolute atomic E-state index is 13.3. The normalized spacial score (nSPS) is 18.5. The molecule has 2 fully saturated rings. The summed E-state index contributed by atoms with van der Waals surface area (Å²) in [5.41, 5.74) is 12.3. The molecule has 3 atom stereocenters. The van der Waals surface area contributed by atoms with E-state index in [2.05, 4.69) is 93.8 Å². The summed E-state index contributed by atoms with van der Waals surface area (Å²) in [7, 11) is 1.29. The molecule has 12 nitrogen and oxygen atoms in total. The second-order valence-electron chi connectivity index (χ2n) is 15.7. The van der Waals surface area contributed by atoms with E-state index >= 15 is 0 Å². The van der Waals surface area contributed by atoms with Crippen molar-refractivity contribution in [3.63, 3.8) is 0 Å². The molecular formula is C47H55N7O5. The van der Waals surface area contributed by atoms with Crippen LogP contribution in [0.4, 0.5) is 4.79 Å². The van der Waals surface area contributed by atoms with Gasteiger partial charge in [0.15, 0.2) is 0 Å². The van der Waals surface area contributed by atoms with Gasteiger partial charge in [0.2, 0.25) is 17.7 Å². The molecule has 2 aliphatic carbocycles. The standard InChI is InChI=1S/C47H55N7O5/c1-7-11-42(55)48-25-43(56)53(20-8-2)27-28(5)50-39(10-4)31-14-18-36-35-17-13-29(22-37(35)34(9-3)38(36)23-31)30-15-19-40-41(24-30)52-46(51-40)45-32-12-16-33(21-32)54(45)44(57)26-49-47(58)59-6/h9-10,13-15,17-19,22-24,32-33,45,50H,5,7-8,11-12,16,20-21,25-27H2,1-4,6H3,(H,48,55)(H,49,58)(H,51,52)/b34-9-,39-10-/t32-,33+,45-/m0/s1. The first-order chi connectivity index (χ1) is 28.6. The molecule has 1 saturated carbocycles. The zero-order valence-electron chi connectivity index (χ0n) is 34.7. The van der Waals surface area contributed by atoms with E-state index in [4.69, 9.17) is 4.98 Å². The average Bonchev–Trinajstić information content (AvgIpc) is 4.04. The number of hydrogen-bond acceptors (Lipinski definition) is 7. The number of likely N-dealkylation sites (tertiary alicyclic amines) is 1. The first-order valence-electron chi connectivity index (χ1n) is 20.8. The Morgan fingerprint density at radius 3 is 2.41 bits per heavy atom. The van der Waals surface area contributed by atoms with Gasteiger partial charge in [0, 0.05) is 30.4 Å². The number of alkyl carbamates (subject to hydrolysis) is 1. The summed E-state index contributed by atoms with van der Waals surface area (Å²) in [5.74, 6) is 0.727. The van der Waals surface area contributed by atoms with E-state index in [-0.39, 0.29) is 42.9 Å². The largest absolute Gasteiger partial charge is 0.453 e. The number of aromatic nitrogens is 2. The predicted molar refractivity (Wildman–Crippen MR) is 232 cm³/mol. The van der Waals surface area contributed by atoms with Gasteiger partial charge < -0.3 is 35.5 Å². The summed E-state index contributed by atoms with van der Waals surface area (Å²) in [5, 5.41) is 8.75. The highest BCUT2D eigenvalue weighted by Crippen LogP contribution is 2.50. The molecule has 4 N–H and O–H groups in total. The van der Waals surface area contributed by atoms with Gasteiger partial charge >= 0.3 is 6.09 Å². The van der Waals surface area contributed by atoms with Gasteiger partial charge in [-0.2, -0.15) is 0 Å². The highest BCUT2D eigenvalue weighted by Gasteiger charge is 2.49. The minimum absolute atomic E-state index is 0.0240. The lowest BCUT2D eigenvalue weighted by atomic mass is 9.97. The van der Waals surface area contributed by atoms with Crippen LogP contribution in [0.1, 0.15) is 94.8 Å². The number of fused-ring (bicyclic) bond motifs is 6. The third-order valence-corrected chi connectivity index (χ3v) is 11.8. The van der Waals surface area contributed by atoms with E-state index < -0.39 is 6.09 Å². The number of H-pyrrole nitrogens is 1. The van der Waals surface area contributed by atoms with Crippen LogP contribution in [-0.4, -0.2) is 82.9 Å². The zero-order valence-corrected chi connectivity index (χ0v) is 34.7. The van der Waals surface area contributed by atoms with Crippen LogP contribution in [0, 0.1) is 5.92 Å². The van der Waals surface area contributed by atoms with Crippen LogP contribution in [-0.2, 0) is 19.1 Å². The van der Waals surface area contributed by atoms with Crippen LogP contribution in [0.25, 0.3) is 44.6 Å². The van der Waals surface area contributed by atoms with Crippen molar-refractivity contribution in [2.45, 2.75) is 78.3 Å². The quantitative estimate of drug-likeness (QED) is 0.0849. The van der Waals surface area contributed by atoms with Crippen molar-refractivity contribution in [2.75, 3.05) is 33.3 Å². The summed E-state index contributed by atoms with van der Waals surface area (Å²) in [4.78, 5) is 62.2. The van der Waals surface area contributed by atoms with E-state index in [1.807, 2.05) is 37.8 Å². The minimum atomic E-state index is -0.621. The summed E-state index contributed by atoms with van der Waals surface area (Å²) in [6.07, 6.45) is 8.43. The number of aromatic amines is 1.